The third-order valence-corrected chi connectivity index (χ3v) is 3.56. The van der Waals surface area contributed by atoms with Crippen molar-refractivity contribution in [2.45, 2.75) is 26.2 Å². The topological polar surface area (TPSA) is 80.4 Å². The van der Waals surface area contributed by atoms with Gasteiger partial charge in [-0.25, -0.2) is 4.79 Å². The molecule has 0 aliphatic rings. The lowest BCUT2D eigenvalue weighted by molar-refractivity contribution is -0.385. The minimum absolute atomic E-state index is 0.132. The van der Waals surface area contributed by atoms with E-state index in [2.05, 4.69) is 18.8 Å². The molecule has 0 amide bonds. The SMILES string of the molecule is CCCCc1ccc(C#Cc2ccc(C(=O)O)cc2[N+](=O)[O-])cc1. The number of aromatic carboxylic acids is 1. The molecule has 2 aromatic rings. The first-order valence-electron chi connectivity index (χ1n) is 7.64. The predicted molar refractivity (Wildman–Crippen MR) is 91.1 cm³/mol. The predicted octanol–water partition coefficient (Wildman–Crippen LogP) is 4.04. The first-order chi connectivity index (χ1) is 11.5. The fraction of sp³-hybridized carbons (Fsp3) is 0.211. The second kappa shape index (κ2) is 7.93. The van der Waals surface area contributed by atoms with Crippen molar-refractivity contribution in [3.05, 3.63) is 74.8 Å². The van der Waals surface area contributed by atoms with E-state index in [4.69, 9.17) is 5.11 Å². The first-order valence-corrected chi connectivity index (χ1v) is 7.64. The van der Waals surface area contributed by atoms with Gasteiger partial charge >= 0.3 is 5.97 Å². The highest BCUT2D eigenvalue weighted by molar-refractivity contribution is 5.88. The van der Waals surface area contributed by atoms with Crippen molar-refractivity contribution in [3.8, 4) is 11.8 Å². The number of nitro benzene ring substituents is 1. The van der Waals surface area contributed by atoms with Gasteiger partial charge in [-0.15, -0.1) is 0 Å². The smallest absolute Gasteiger partial charge is 0.335 e. The molecule has 0 saturated heterocycles. The van der Waals surface area contributed by atoms with Gasteiger partial charge < -0.3 is 5.11 Å². The lowest BCUT2D eigenvalue weighted by Gasteiger charge is -2.00. The third kappa shape index (κ3) is 4.43. The molecule has 0 aliphatic carbocycles. The van der Waals surface area contributed by atoms with Crippen molar-refractivity contribution in [2.75, 3.05) is 0 Å². The summed E-state index contributed by atoms with van der Waals surface area (Å²) in [6, 6.07) is 11.5. The summed E-state index contributed by atoms with van der Waals surface area (Å²) in [7, 11) is 0. The van der Waals surface area contributed by atoms with Crippen LogP contribution in [0.5, 0.6) is 0 Å². The van der Waals surface area contributed by atoms with Crippen molar-refractivity contribution in [1.29, 1.82) is 0 Å². The molecule has 1 N–H and O–H groups in total. The van der Waals surface area contributed by atoms with E-state index in [-0.39, 0.29) is 16.8 Å². The van der Waals surface area contributed by atoms with Crippen LogP contribution >= 0.6 is 0 Å². The molecule has 0 saturated carbocycles. The van der Waals surface area contributed by atoms with Crippen LogP contribution in [0, 0.1) is 22.0 Å². The standard InChI is InChI=1S/C19H17NO4/c1-2-3-4-14-5-7-15(8-6-14)9-10-16-11-12-17(19(21)22)13-18(16)20(23)24/h5-8,11-13H,2-4H2,1H3,(H,21,22). The number of carboxylic acid groups (broad SMARTS) is 1. The van der Waals surface area contributed by atoms with Gasteiger partial charge in [-0.1, -0.05) is 37.3 Å². The van der Waals surface area contributed by atoms with Gasteiger partial charge in [0.25, 0.3) is 5.69 Å². The maximum atomic E-state index is 11.1. The Kier molecular flexibility index (Phi) is 5.69. The molecule has 0 aliphatic heterocycles. The van der Waals surface area contributed by atoms with Crippen molar-refractivity contribution in [3.63, 3.8) is 0 Å². The summed E-state index contributed by atoms with van der Waals surface area (Å²) in [5, 5.41) is 20.0. The number of unbranched alkanes of at least 4 members (excludes halogenated alkanes) is 1. The molecule has 0 heterocycles. The molecule has 2 rings (SSSR count). The molecular formula is C19H17NO4. The summed E-state index contributed by atoms with van der Waals surface area (Å²) in [6.45, 7) is 2.14. The zero-order valence-corrected chi connectivity index (χ0v) is 13.3. The Bertz CT molecular complexity index is 813. The maximum absolute atomic E-state index is 11.1. The molecular weight excluding hydrogens is 306 g/mol. The molecule has 0 aromatic heterocycles. The number of rotatable bonds is 5. The average molecular weight is 323 g/mol. The van der Waals surface area contributed by atoms with Gasteiger partial charge in [0.05, 0.1) is 10.5 Å². The number of nitro groups is 1. The first kappa shape index (κ1) is 17.2. The van der Waals surface area contributed by atoms with Gasteiger partial charge in [0.1, 0.15) is 5.56 Å². The van der Waals surface area contributed by atoms with E-state index in [1.54, 1.807) is 0 Å². The molecule has 0 unspecified atom stereocenters. The average Bonchev–Trinajstić information content (AvgIpc) is 2.58. The van der Waals surface area contributed by atoms with Crippen molar-refractivity contribution >= 4 is 11.7 Å². The van der Waals surface area contributed by atoms with Crippen LogP contribution in [0.1, 0.15) is 46.8 Å². The Labute approximate surface area is 140 Å². The quantitative estimate of drug-likeness (QED) is 0.511. The molecule has 0 fully saturated rings. The highest BCUT2D eigenvalue weighted by Crippen LogP contribution is 2.20. The normalized spacial score (nSPS) is 9.88. The van der Waals surface area contributed by atoms with E-state index in [0.717, 1.165) is 30.9 Å². The van der Waals surface area contributed by atoms with E-state index in [9.17, 15) is 14.9 Å². The van der Waals surface area contributed by atoms with Crippen LogP contribution in [-0.2, 0) is 6.42 Å². The van der Waals surface area contributed by atoms with Crippen molar-refractivity contribution < 1.29 is 14.8 Å². The van der Waals surface area contributed by atoms with E-state index in [1.165, 1.54) is 17.7 Å². The molecule has 0 radical (unpaired) electrons. The minimum Gasteiger partial charge on any atom is -0.478 e. The molecule has 0 bridgehead atoms. The summed E-state index contributed by atoms with van der Waals surface area (Å²) in [5.74, 6) is 4.43. The molecule has 0 spiro atoms. The van der Waals surface area contributed by atoms with Crippen LogP contribution in [-0.4, -0.2) is 16.0 Å². The number of aryl methyl sites for hydroxylation is 1. The lowest BCUT2D eigenvalue weighted by atomic mass is 10.1. The van der Waals surface area contributed by atoms with Gasteiger partial charge in [0.2, 0.25) is 0 Å². The fourth-order valence-corrected chi connectivity index (χ4v) is 2.20. The van der Waals surface area contributed by atoms with Gasteiger partial charge in [0, 0.05) is 11.6 Å². The van der Waals surface area contributed by atoms with Crippen molar-refractivity contribution in [1.82, 2.24) is 0 Å². The van der Waals surface area contributed by atoms with E-state index in [0.29, 0.717) is 0 Å². The summed E-state index contributed by atoms with van der Waals surface area (Å²) < 4.78 is 0. The number of benzene rings is 2. The molecule has 2 aromatic carbocycles. The van der Waals surface area contributed by atoms with E-state index < -0.39 is 10.9 Å². The van der Waals surface area contributed by atoms with Gasteiger partial charge in [-0.3, -0.25) is 10.1 Å². The largest absolute Gasteiger partial charge is 0.478 e. The van der Waals surface area contributed by atoms with E-state index in [1.807, 2.05) is 24.3 Å². The Morgan fingerprint density at radius 2 is 1.88 bits per heavy atom. The number of carbonyl (C=O) groups is 1. The van der Waals surface area contributed by atoms with E-state index >= 15 is 0 Å². The molecule has 0 atom stereocenters. The lowest BCUT2D eigenvalue weighted by Crippen LogP contribution is -1.99. The molecule has 122 valence electrons. The van der Waals surface area contributed by atoms with Crippen LogP contribution in [0.15, 0.2) is 42.5 Å². The molecule has 5 nitrogen and oxygen atoms in total. The fourth-order valence-electron chi connectivity index (χ4n) is 2.20. The second-order valence-corrected chi connectivity index (χ2v) is 5.34. The minimum atomic E-state index is -1.21. The molecule has 24 heavy (non-hydrogen) atoms. The zero-order valence-electron chi connectivity index (χ0n) is 13.3. The number of nitrogens with zero attached hydrogens (tertiary/aromatic N) is 1. The number of hydrogen-bond donors (Lipinski definition) is 1. The highest BCUT2D eigenvalue weighted by Gasteiger charge is 2.15. The summed E-state index contributed by atoms with van der Waals surface area (Å²) in [4.78, 5) is 21.4. The van der Waals surface area contributed by atoms with Crippen LogP contribution in [0.4, 0.5) is 5.69 Å². The van der Waals surface area contributed by atoms with Crippen LogP contribution in [0.25, 0.3) is 0 Å². The Balaban J connectivity index is 2.26. The third-order valence-electron chi connectivity index (χ3n) is 3.56. The summed E-state index contributed by atoms with van der Waals surface area (Å²) >= 11 is 0. The monoisotopic (exact) mass is 323 g/mol. The van der Waals surface area contributed by atoms with Gasteiger partial charge in [-0.2, -0.15) is 0 Å². The zero-order chi connectivity index (χ0) is 17.5. The second-order valence-electron chi connectivity index (χ2n) is 5.34. The summed E-state index contributed by atoms with van der Waals surface area (Å²) in [5.41, 5.74) is 1.75. The maximum Gasteiger partial charge on any atom is 0.335 e. The van der Waals surface area contributed by atoms with Gasteiger partial charge in [0.15, 0.2) is 0 Å². The Morgan fingerprint density at radius 3 is 2.46 bits per heavy atom. The number of carboxylic acids is 1. The van der Waals surface area contributed by atoms with Crippen LogP contribution in [0.2, 0.25) is 0 Å². The van der Waals surface area contributed by atoms with Gasteiger partial charge in [-0.05, 0) is 42.7 Å². The van der Waals surface area contributed by atoms with Crippen LogP contribution < -0.4 is 0 Å². The highest BCUT2D eigenvalue weighted by atomic mass is 16.6. The Hall–Kier alpha value is -3.13. The summed E-state index contributed by atoms with van der Waals surface area (Å²) in [6.07, 6.45) is 3.29. The number of hydrogen-bond acceptors (Lipinski definition) is 3. The van der Waals surface area contributed by atoms with Crippen LogP contribution in [0.3, 0.4) is 0 Å². The molecule has 5 heteroatoms. The Morgan fingerprint density at radius 1 is 1.17 bits per heavy atom. The van der Waals surface area contributed by atoms with Crippen molar-refractivity contribution in [2.24, 2.45) is 0 Å².